The second-order valence-electron chi connectivity index (χ2n) is 5.49. The Morgan fingerprint density at radius 2 is 1.78 bits per heavy atom. The molecule has 1 heterocycles. The summed E-state index contributed by atoms with van der Waals surface area (Å²) in [4.78, 5) is 23.6. The number of hydrogen-bond acceptors (Lipinski definition) is 9. The molecule has 27 heavy (non-hydrogen) atoms. The number of carbonyl (C=O) groups is 1. The van der Waals surface area contributed by atoms with E-state index in [2.05, 4.69) is 4.74 Å². The van der Waals surface area contributed by atoms with Gasteiger partial charge >= 0.3 is 5.97 Å². The van der Waals surface area contributed by atoms with Crippen molar-refractivity contribution < 1.29 is 39.1 Å². The summed E-state index contributed by atoms with van der Waals surface area (Å²) in [5.74, 6) is -3.08. The second kappa shape index (κ2) is 6.79. The molecule has 0 saturated carbocycles. The van der Waals surface area contributed by atoms with Crippen LogP contribution in [0.25, 0.3) is 22.3 Å². The molecule has 9 heteroatoms. The lowest BCUT2D eigenvalue weighted by molar-refractivity contribution is -0.142. The zero-order valence-electron chi connectivity index (χ0n) is 13.9. The van der Waals surface area contributed by atoms with Crippen LogP contribution in [-0.2, 0) is 9.53 Å². The highest BCUT2D eigenvalue weighted by Gasteiger charge is 2.20. The Hall–Kier alpha value is -3.88. The first kappa shape index (κ1) is 17.9. The van der Waals surface area contributed by atoms with E-state index < -0.39 is 41.0 Å². The smallest absolute Gasteiger partial charge is 0.343 e. The second-order valence-corrected chi connectivity index (χ2v) is 5.49. The molecule has 9 nitrogen and oxygen atoms in total. The molecule has 0 aliphatic rings. The van der Waals surface area contributed by atoms with Gasteiger partial charge in [-0.1, -0.05) is 0 Å². The van der Waals surface area contributed by atoms with Crippen molar-refractivity contribution in [2.75, 3.05) is 13.7 Å². The molecule has 0 atom stereocenters. The standard InChI is InChI=1S/C18H14O9/c1-25-14(22)7-26-9-5-12(21)15-13(6-9)27-18(17(24)16(15)23)8-2-3-10(19)11(20)4-8/h2-6,19-21,24H,7H2,1H3. The van der Waals surface area contributed by atoms with Crippen molar-refractivity contribution in [2.24, 2.45) is 0 Å². The topological polar surface area (TPSA) is 147 Å². The minimum atomic E-state index is -0.907. The van der Waals surface area contributed by atoms with Crippen LogP contribution in [0.3, 0.4) is 0 Å². The summed E-state index contributed by atoms with van der Waals surface area (Å²) in [7, 11) is 1.19. The summed E-state index contributed by atoms with van der Waals surface area (Å²) in [6, 6.07) is 5.91. The number of phenols is 3. The molecule has 4 N–H and O–H groups in total. The van der Waals surface area contributed by atoms with E-state index in [4.69, 9.17) is 9.15 Å². The van der Waals surface area contributed by atoms with Gasteiger partial charge in [0.1, 0.15) is 22.5 Å². The molecule has 140 valence electrons. The number of carbonyl (C=O) groups excluding carboxylic acids is 1. The number of aromatic hydroxyl groups is 4. The van der Waals surface area contributed by atoms with Gasteiger partial charge in [0.2, 0.25) is 11.2 Å². The van der Waals surface area contributed by atoms with Gasteiger partial charge in [-0.3, -0.25) is 4.79 Å². The molecule has 1 aromatic heterocycles. The van der Waals surface area contributed by atoms with Gasteiger partial charge in [0.05, 0.1) is 7.11 Å². The fourth-order valence-electron chi connectivity index (χ4n) is 2.41. The highest BCUT2D eigenvalue weighted by atomic mass is 16.6. The molecule has 3 aromatic rings. The molecule has 0 bridgehead atoms. The Morgan fingerprint density at radius 3 is 2.44 bits per heavy atom. The summed E-state index contributed by atoms with van der Waals surface area (Å²) in [5.41, 5.74) is -0.918. The van der Waals surface area contributed by atoms with Crippen LogP contribution in [0.5, 0.6) is 28.7 Å². The highest BCUT2D eigenvalue weighted by Crippen LogP contribution is 2.37. The van der Waals surface area contributed by atoms with Crippen LogP contribution in [0, 0.1) is 0 Å². The van der Waals surface area contributed by atoms with Gasteiger partial charge in [-0.05, 0) is 18.2 Å². The number of rotatable bonds is 4. The van der Waals surface area contributed by atoms with Crippen LogP contribution in [0.15, 0.2) is 39.5 Å². The average Bonchev–Trinajstić information content (AvgIpc) is 2.64. The fraction of sp³-hybridized carbons (Fsp3) is 0.111. The van der Waals surface area contributed by atoms with Crippen LogP contribution < -0.4 is 10.2 Å². The molecule has 0 aliphatic heterocycles. The van der Waals surface area contributed by atoms with E-state index in [-0.39, 0.29) is 28.0 Å². The van der Waals surface area contributed by atoms with Gasteiger partial charge in [0, 0.05) is 17.7 Å². The summed E-state index contributed by atoms with van der Waals surface area (Å²) in [6.45, 7) is -0.428. The molecular formula is C18H14O9. The third-order valence-electron chi connectivity index (χ3n) is 3.75. The normalized spacial score (nSPS) is 10.7. The summed E-state index contributed by atoms with van der Waals surface area (Å²) in [5, 5.41) is 39.0. The lowest BCUT2D eigenvalue weighted by Crippen LogP contribution is -2.12. The Balaban J connectivity index is 2.16. The first-order valence-corrected chi connectivity index (χ1v) is 7.56. The third kappa shape index (κ3) is 3.30. The van der Waals surface area contributed by atoms with Crippen LogP contribution in [-0.4, -0.2) is 40.1 Å². The largest absolute Gasteiger partial charge is 0.507 e. The zero-order valence-corrected chi connectivity index (χ0v) is 13.9. The predicted molar refractivity (Wildman–Crippen MR) is 92.1 cm³/mol. The van der Waals surface area contributed by atoms with Crippen LogP contribution in [0.2, 0.25) is 0 Å². The number of methoxy groups -OCH3 is 1. The SMILES string of the molecule is COC(=O)COc1cc(O)c2c(=O)c(O)c(-c3ccc(O)c(O)c3)oc2c1. The highest BCUT2D eigenvalue weighted by molar-refractivity contribution is 5.88. The van der Waals surface area contributed by atoms with E-state index in [1.165, 1.54) is 19.2 Å². The Kier molecular flexibility index (Phi) is 4.51. The maximum atomic E-state index is 12.4. The van der Waals surface area contributed by atoms with Crippen molar-refractivity contribution in [3.63, 3.8) is 0 Å². The predicted octanol–water partition coefficient (Wildman–Crippen LogP) is 1.83. The van der Waals surface area contributed by atoms with Crippen molar-refractivity contribution in [3.8, 4) is 40.1 Å². The molecule has 0 spiro atoms. The monoisotopic (exact) mass is 374 g/mol. The molecule has 0 amide bonds. The molecule has 0 unspecified atom stereocenters. The Morgan fingerprint density at radius 1 is 1.04 bits per heavy atom. The lowest BCUT2D eigenvalue weighted by atomic mass is 10.1. The minimum absolute atomic E-state index is 0.0266. The van der Waals surface area contributed by atoms with Gasteiger partial charge in [0.15, 0.2) is 23.9 Å². The summed E-state index contributed by atoms with van der Waals surface area (Å²) >= 11 is 0. The number of ether oxygens (including phenoxy) is 2. The van der Waals surface area contributed by atoms with E-state index in [0.29, 0.717) is 0 Å². The van der Waals surface area contributed by atoms with Gasteiger partial charge in [0.25, 0.3) is 0 Å². The van der Waals surface area contributed by atoms with Gasteiger partial charge in [-0.25, -0.2) is 4.79 Å². The van der Waals surface area contributed by atoms with Crippen molar-refractivity contribution in [2.45, 2.75) is 0 Å². The van der Waals surface area contributed by atoms with Gasteiger partial charge < -0.3 is 34.3 Å². The molecule has 2 aromatic carbocycles. The number of hydrogen-bond donors (Lipinski definition) is 4. The molecule has 0 radical (unpaired) electrons. The van der Waals surface area contributed by atoms with E-state index in [0.717, 1.165) is 18.2 Å². The first-order chi connectivity index (χ1) is 12.8. The van der Waals surface area contributed by atoms with Crippen molar-refractivity contribution >= 4 is 16.9 Å². The maximum absolute atomic E-state index is 12.4. The maximum Gasteiger partial charge on any atom is 0.343 e. The van der Waals surface area contributed by atoms with Crippen LogP contribution in [0.1, 0.15) is 0 Å². The van der Waals surface area contributed by atoms with E-state index in [1.807, 2.05) is 0 Å². The average molecular weight is 374 g/mol. The summed E-state index contributed by atoms with van der Waals surface area (Å²) < 4.78 is 15.1. The number of benzene rings is 2. The third-order valence-corrected chi connectivity index (χ3v) is 3.75. The minimum Gasteiger partial charge on any atom is -0.507 e. The number of esters is 1. The Bertz CT molecular complexity index is 1100. The van der Waals surface area contributed by atoms with Crippen LogP contribution >= 0.6 is 0 Å². The molecular weight excluding hydrogens is 360 g/mol. The molecule has 0 saturated heterocycles. The number of phenolic OH excluding ortho intramolecular Hbond substituents is 3. The van der Waals surface area contributed by atoms with E-state index in [9.17, 15) is 30.0 Å². The van der Waals surface area contributed by atoms with E-state index in [1.54, 1.807) is 0 Å². The Labute approximate surface area is 151 Å². The van der Waals surface area contributed by atoms with Crippen molar-refractivity contribution in [1.29, 1.82) is 0 Å². The zero-order chi connectivity index (χ0) is 19.7. The van der Waals surface area contributed by atoms with Crippen molar-refractivity contribution in [3.05, 3.63) is 40.6 Å². The fourth-order valence-corrected chi connectivity index (χ4v) is 2.41. The van der Waals surface area contributed by atoms with E-state index >= 15 is 0 Å². The quantitative estimate of drug-likeness (QED) is 0.396. The lowest BCUT2D eigenvalue weighted by Gasteiger charge is -2.10. The number of fused-ring (bicyclic) bond motifs is 1. The molecule has 0 fully saturated rings. The molecule has 3 rings (SSSR count). The van der Waals surface area contributed by atoms with Gasteiger partial charge in [-0.15, -0.1) is 0 Å². The molecule has 0 aliphatic carbocycles. The summed E-state index contributed by atoms with van der Waals surface area (Å²) in [6.07, 6.45) is 0. The first-order valence-electron chi connectivity index (χ1n) is 7.56. The van der Waals surface area contributed by atoms with Crippen molar-refractivity contribution in [1.82, 2.24) is 0 Å². The van der Waals surface area contributed by atoms with Gasteiger partial charge in [-0.2, -0.15) is 0 Å². The van der Waals surface area contributed by atoms with Crippen LogP contribution in [0.4, 0.5) is 0 Å².